The first-order chi connectivity index (χ1) is 20.9. The van der Waals surface area contributed by atoms with Crippen molar-refractivity contribution in [3.8, 4) is 16.9 Å². The number of ether oxygens (including phenoxy) is 2. The van der Waals surface area contributed by atoms with E-state index in [4.69, 9.17) is 9.47 Å². The van der Waals surface area contributed by atoms with Crippen molar-refractivity contribution in [3.63, 3.8) is 0 Å². The molecule has 1 saturated heterocycles. The number of carbonyl (C=O) groups excluding carboxylic acids is 1. The first-order valence-corrected chi connectivity index (χ1v) is 16.1. The lowest BCUT2D eigenvalue weighted by Crippen LogP contribution is -2.61. The van der Waals surface area contributed by atoms with Gasteiger partial charge in [0.1, 0.15) is 11.4 Å². The maximum atomic E-state index is 14.5. The standard InChI is InChI=1S/C36H42N4O3S/c1-24(43-35(2,3)4)38-16-17-40(36(5,6)23-38)34(41)29-12-15-39(27-13-18-44-22-27)33-28(29)10-9-25-19-32(42-8)30(20-31(25)33)26-11-14-37(7)21-26/h11,13-15,18-22H,1,9-10,16-17,23H2,2-8H3. The molecule has 0 N–H and O–H groups in total. The van der Waals surface area contributed by atoms with Gasteiger partial charge in [-0.15, -0.1) is 0 Å². The van der Waals surface area contributed by atoms with Crippen LogP contribution in [0.25, 0.3) is 16.8 Å². The van der Waals surface area contributed by atoms with Crippen molar-refractivity contribution >= 4 is 28.6 Å². The van der Waals surface area contributed by atoms with Gasteiger partial charge >= 0.3 is 0 Å². The number of carbonyl (C=O) groups is 1. The first-order valence-electron chi connectivity index (χ1n) is 15.2. The van der Waals surface area contributed by atoms with E-state index >= 15 is 0 Å². The second-order valence-corrected chi connectivity index (χ2v) is 14.2. The Balaban J connectivity index is 1.40. The normalized spacial score (nSPS) is 17.7. The minimum atomic E-state index is -0.431. The molecule has 0 radical (unpaired) electrons. The van der Waals surface area contributed by atoms with Crippen LogP contribution in [0.5, 0.6) is 5.75 Å². The van der Waals surface area contributed by atoms with E-state index in [2.05, 4.69) is 77.2 Å². The van der Waals surface area contributed by atoms with Crippen LogP contribution in [0.1, 0.15) is 52.2 Å². The molecule has 1 aromatic carbocycles. The minimum absolute atomic E-state index is 0.0194. The molecule has 1 fully saturated rings. The number of fused-ring (bicyclic) bond motifs is 2. The van der Waals surface area contributed by atoms with Gasteiger partial charge in [-0.25, -0.2) is 0 Å². The Morgan fingerprint density at radius 2 is 1.91 bits per heavy atom. The summed E-state index contributed by atoms with van der Waals surface area (Å²) in [6, 6.07) is 8.64. The average Bonchev–Trinajstić information content (AvgIpc) is 3.66. The number of anilines is 1. The Hall–Kier alpha value is -4.13. The third kappa shape index (κ3) is 5.49. The molecule has 7 nitrogen and oxygen atoms in total. The zero-order chi connectivity index (χ0) is 31.4. The Labute approximate surface area is 265 Å². The number of amides is 1. The molecule has 0 unspecified atom stereocenters. The van der Waals surface area contributed by atoms with Gasteiger partial charge in [-0.1, -0.05) is 5.73 Å². The number of aryl methyl sites for hydroxylation is 2. The number of nitrogens with zero attached hydrogens (tertiary/aromatic N) is 4. The Bertz CT molecular complexity index is 1710. The highest BCUT2D eigenvalue weighted by molar-refractivity contribution is 7.08. The molecule has 0 saturated carbocycles. The molecule has 0 atom stereocenters. The number of methoxy groups -OCH3 is 1. The zero-order valence-electron chi connectivity index (χ0n) is 26.9. The molecule has 1 amide bonds. The number of aromatic nitrogens is 1. The van der Waals surface area contributed by atoms with Gasteiger partial charge in [0, 0.05) is 61.1 Å². The van der Waals surface area contributed by atoms with Gasteiger partial charge in [0.15, 0.2) is 5.88 Å². The highest BCUT2D eigenvalue weighted by atomic mass is 32.1. The summed E-state index contributed by atoms with van der Waals surface area (Å²) in [5, 5.41) is 4.22. The van der Waals surface area contributed by atoms with Crippen molar-refractivity contribution in [3.05, 3.63) is 94.1 Å². The van der Waals surface area contributed by atoms with Crippen molar-refractivity contribution in [2.24, 2.45) is 7.05 Å². The maximum absolute atomic E-state index is 14.5. The lowest BCUT2D eigenvalue weighted by Gasteiger charge is -2.49. The molecule has 0 bridgehead atoms. The lowest BCUT2D eigenvalue weighted by molar-refractivity contribution is -0.137. The fourth-order valence-corrected chi connectivity index (χ4v) is 7.16. The van der Waals surface area contributed by atoms with Crippen LogP contribution in [0, 0.1) is 0 Å². The highest BCUT2D eigenvalue weighted by Crippen LogP contribution is 2.46. The van der Waals surface area contributed by atoms with E-state index in [9.17, 15) is 4.79 Å². The van der Waals surface area contributed by atoms with Gasteiger partial charge in [0.2, 0.25) is 0 Å². The van der Waals surface area contributed by atoms with Crippen LogP contribution < -0.4 is 9.64 Å². The summed E-state index contributed by atoms with van der Waals surface area (Å²) in [4.78, 5) is 20.8. The van der Waals surface area contributed by atoms with Gasteiger partial charge in [0.05, 0.1) is 35.8 Å². The van der Waals surface area contributed by atoms with Crippen LogP contribution in [0.2, 0.25) is 0 Å². The van der Waals surface area contributed by atoms with E-state index in [0.29, 0.717) is 31.1 Å². The smallest absolute Gasteiger partial charge is 0.262 e. The van der Waals surface area contributed by atoms with Gasteiger partial charge in [-0.2, -0.15) is 11.3 Å². The van der Waals surface area contributed by atoms with E-state index in [0.717, 1.165) is 52.2 Å². The average molecular weight is 611 g/mol. The van der Waals surface area contributed by atoms with E-state index in [1.54, 1.807) is 18.4 Å². The highest BCUT2D eigenvalue weighted by Gasteiger charge is 2.41. The molecule has 44 heavy (non-hydrogen) atoms. The third-order valence-electron chi connectivity index (χ3n) is 8.56. The number of rotatable bonds is 6. The molecule has 2 aliphatic heterocycles. The van der Waals surface area contributed by atoms with Crippen LogP contribution >= 0.6 is 11.3 Å². The molecule has 230 valence electrons. The lowest BCUT2D eigenvalue weighted by atomic mass is 9.82. The second kappa shape index (κ2) is 11.1. The molecule has 1 aliphatic carbocycles. The zero-order valence-corrected chi connectivity index (χ0v) is 27.7. The van der Waals surface area contributed by atoms with Crippen molar-refractivity contribution in [2.75, 3.05) is 31.6 Å². The summed E-state index contributed by atoms with van der Waals surface area (Å²) < 4.78 is 14.0. The maximum Gasteiger partial charge on any atom is 0.262 e. The largest absolute Gasteiger partial charge is 0.496 e. The van der Waals surface area contributed by atoms with Crippen LogP contribution in [-0.2, 0) is 23.0 Å². The molecule has 3 aliphatic rings. The topological polar surface area (TPSA) is 50.2 Å². The van der Waals surface area contributed by atoms with Crippen molar-refractivity contribution in [1.82, 2.24) is 14.4 Å². The van der Waals surface area contributed by atoms with Crippen LogP contribution in [0.15, 0.2) is 83.0 Å². The fraction of sp³-hybridized carbons (Fsp3) is 0.389. The Kier molecular flexibility index (Phi) is 7.55. The molecule has 2 aromatic heterocycles. The van der Waals surface area contributed by atoms with Gasteiger partial charge in [-0.3, -0.25) is 4.79 Å². The first kappa shape index (κ1) is 29.9. The van der Waals surface area contributed by atoms with Gasteiger partial charge in [-0.05, 0) is 94.8 Å². The third-order valence-corrected chi connectivity index (χ3v) is 9.23. The van der Waals surface area contributed by atoms with Crippen LogP contribution in [0.4, 0.5) is 5.69 Å². The fourth-order valence-electron chi connectivity index (χ4n) is 6.53. The molecule has 8 heteroatoms. The molecule has 3 aromatic rings. The number of hydrogen-bond donors (Lipinski definition) is 0. The predicted octanol–water partition coefficient (Wildman–Crippen LogP) is 7.19. The molecular weight excluding hydrogens is 568 g/mol. The second-order valence-electron chi connectivity index (χ2n) is 13.4. The number of thiophene rings is 1. The Morgan fingerprint density at radius 1 is 1.11 bits per heavy atom. The summed E-state index contributed by atoms with van der Waals surface area (Å²) in [5.74, 6) is 1.53. The van der Waals surface area contributed by atoms with Crippen molar-refractivity contribution in [2.45, 2.75) is 58.6 Å². The molecule has 0 spiro atoms. The summed E-state index contributed by atoms with van der Waals surface area (Å²) in [6.07, 6.45) is 7.66. The van der Waals surface area contributed by atoms with Crippen LogP contribution in [0.3, 0.4) is 0 Å². The summed E-state index contributed by atoms with van der Waals surface area (Å²) >= 11 is 1.66. The summed E-state index contributed by atoms with van der Waals surface area (Å²) in [7, 11) is 3.75. The summed E-state index contributed by atoms with van der Waals surface area (Å²) in [5.41, 5.74) is 11.0. The van der Waals surface area contributed by atoms with Crippen molar-refractivity contribution < 1.29 is 14.3 Å². The number of hydrogen-bond acceptors (Lipinski definition) is 6. The number of benzene rings is 1. The SMILES string of the molecule is C=C(OC(C)(C)C)N1CCN(C(=O)C2=C=CN(c3ccsc3)C3=C2CCc2cc(OC)c(-c4ccn(C)c4)cc23)C(C)(C)C1. The van der Waals surface area contributed by atoms with E-state index in [1.807, 2.05) is 49.7 Å². The summed E-state index contributed by atoms with van der Waals surface area (Å²) in [6.45, 7) is 16.4. The number of piperazine rings is 1. The Morgan fingerprint density at radius 3 is 2.55 bits per heavy atom. The van der Waals surface area contributed by atoms with Crippen molar-refractivity contribution in [1.29, 1.82) is 0 Å². The monoisotopic (exact) mass is 610 g/mol. The van der Waals surface area contributed by atoms with E-state index in [1.165, 1.54) is 5.56 Å². The van der Waals surface area contributed by atoms with Gasteiger partial charge < -0.3 is 28.7 Å². The molecular formula is C36H42N4O3S. The quantitative estimate of drug-likeness (QED) is 0.219. The molecule has 6 rings (SSSR count). The molecule has 4 heterocycles. The van der Waals surface area contributed by atoms with Gasteiger partial charge in [0.25, 0.3) is 5.91 Å². The predicted molar refractivity (Wildman–Crippen MR) is 178 cm³/mol. The van der Waals surface area contributed by atoms with E-state index in [-0.39, 0.29) is 11.5 Å². The van der Waals surface area contributed by atoms with E-state index < -0.39 is 5.54 Å². The minimum Gasteiger partial charge on any atom is -0.496 e. The van der Waals surface area contributed by atoms with Crippen LogP contribution in [-0.4, -0.2) is 58.2 Å².